The van der Waals surface area contributed by atoms with E-state index in [1.807, 2.05) is 13.1 Å². The van der Waals surface area contributed by atoms with E-state index in [1.165, 1.54) is 37.4 Å². The van der Waals surface area contributed by atoms with Gasteiger partial charge in [-0.3, -0.25) is 5.43 Å². The van der Waals surface area contributed by atoms with E-state index in [0.29, 0.717) is 11.7 Å². The summed E-state index contributed by atoms with van der Waals surface area (Å²) < 4.78 is 5.05. The number of thiocarbonyl (C=S) groups is 1. The maximum atomic E-state index is 5.17. The third-order valence-corrected chi connectivity index (χ3v) is 4.72. The minimum atomic E-state index is 0.160. The van der Waals surface area contributed by atoms with Gasteiger partial charge in [0.2, 0.25) is 0 Å². The van der Waals surface area contributed by atoms with Gasteiger partial charge in [-0.05, 0) is 50.5 Å². The number of thiophene rings is 1. The first-order chi connectivity index (χ1) is 10.7. The van der Waals surface area contributed by atoms with Crippen LogP contribution in [0.4, 0.5) is 5.00 Å². The van der Waals surface area contributed by atoms with Crippen LogP contribution in [0, 0.1) is 0 Å². The second-order valence-corrected chi connectivity index (χ2v) is 6.93. The van der Waals surface area contributed by atoms with Crippen LogP contribution in [-0.4, -0.2) is 44.2 Å². The van der Waals surface area contributed by atoms with Crippen LogP contribution in [0.3, 0.4) is 0 Å². The third-order valence-electron chi connectivity index (χ3n) is 3.43. The lowest BCUT2D eigenvalue weighted by atomic mass is 10.1. The molecule has 0 aliphatic carbocycles. The van der Waals surface area contributed by atoms with E-state index in [9.17, 15) is 0 Å². The number of rotatable bonds is 6. The van der Waals surface area contributed by atoms with Gasteiger partial charge in [-0.15, -0.1) is 11.3 Å². The molecule has 0 radical (unpaired) electrons. The number of hydrogen-bond donors (Lipinski definition) is 2. The highest BCUT2D eigenvalue weighted by Gasteiger charge is 2.12. The summed E-state index contributed by atoms with van der Waals surface area (Å²) in [7, 11) is 1.67. The summed E-state index contributed by atoms with van der Waals surface area (Å²) in [5.41, 5.74) is 2.84. The summed E-state index contributed by atoms with van der Waals surface area (Å²) in [5.74, 6) is 0. The van der Waals surface area contributed by atoms with Crippen LogP contribution < -0.4 is 15.6 Å². The van der Waals surface area contributed by atoms with E-state index in [1.54, 1.807) is 18.4 Å². The van der Waals surface area contributed by atoms with Crippen molar-refractivity contribution in [1.29, 1.82) is 0 Å². The topological polar surface area (TPSA) is 48.9 Å². The van der Waals surface area contributed by atoms with Crippen LogP contribution in [0.1, 0.15) is 31.1 Å². The summed E-state index contributed by atoms with van der Waals surface area (Å²) in [6.45, 7) is 4.95. The molecule has 0 amide bonds. The van der Waals surface area contributed by atoms with Crippen LogP contribution in [0.5, 0.6) is 0 Å². The van der Waals surface area contributed by atoms with Gasteiger partial charge in [0, 0.05) is 31.1 Å². The molecule has 1 saturated heterocycles. The van der Waals surface area contributed by atoms with Crippen LogP contribution in [0.15, 0.2) is 17.2 Å². The van der Waals surface area contributed by atoms with Crippen LogP contribution in [0.25, 0.3) is 0 Å². The Hall–Kier alpha value is -1.18. The summed E-state index contributed by atoms with van der Waals surface area (Å²) in [6, 6.07) is 4.44. The zero-order chi connectivity index (χ0) is 15.8. The van der Waals surface area contributed by atoms with Crippen LogP contribution in [-0.2, 0) is 4.74 Å². The van der Waals surface area contributed by atoms with Crippen molar-refractivity contribution < 1.29 is 4.74 Å². The number of hydrogen-bond acceptors (Lipinski definition) is 5. The normalized spacial score (nSPS) is 16.7. The third kappa shape index (κ3) is 5.55. The predicted molar refractivity (Wildman–Crippen MR) is 98.2 cm³/mol. The van der Waals surface area contributed by atoms with Crippen molar-refractivity contribution in [2.75, 3.05) is 31.7 Å². The van der Waals surface area contributed by atoms with Gasteiger partial charge in [0.25, 0.3) is 0 Å². The number of anilines is 1. The molecule has 0 bridgehead atoms. The SMILES string of the molecule is COC[C@@H](C)NC(=S)N/N=C\c1ccc(N2CCCCC2)s1. The zero-order valence-electron chi connectivity index (χ0n) is 13.2. The Morgan fingerprint density at radius 1 is 1.45 bits per heavy atom. The Balaban J connectivity index is 1.78. The number of hydrazone groups is 1. The molecule has 0 unspecified atom stereocenters. The van der Waals surface area contributed by atoms with Crippen molar-refractivity contribution in [1.82, 2.24) is 10.7 Å². The molecule has 1 atom stereocenters. The lowest BCUT2D eigenvalue weighted by molar-refractivity contribution is 0.179. The monoisotopic (exact) mass is 340 g/mol. The summed E-state index contributed by atoms with van der Waals surface area (Å²) in [6.07, 6.45) is 5.75. The van der Waals surface area contributed by atoms with Crippen molar-refractivity contribution in [2.24, 2.45) is 5.10 Å². The molecule has 0 spiro atoms. The van der Waals surface area contributed by atoms with Crippen molar-refractivity contribution in [3.8, 4) is 0 Å². The maximum absolute atomic E-state index is 5.17. The average molecular weight is 341 g/mol. The predicted octanol–water partition coefficient (Wildman–Crippen LogP) is 2.57. The first-order valence-electron chi connectivity index (χ1n) is 7.62. The Kier molecular flexibility index (Phi) is 7.08. The quantitative estimate of drug-likeness (QED) is 0.473. The van der Waals surface area contributed by atoms with Crippen molar-refractivity contribution in [3.05, 3.63) is 17.0 Å². The molecule has 1 aliphatic heterocycles. The Morgan fingerprint density at radius 3 is 2.95 bits per heavy atom. The Labute approximate surface area is 141 Å². The molecule has 1 fully saturated rings. The summed E-state index contributed by atoms with van der Waals surface area (Å²) >= 11 is 6.94. The molecular formula is C15H24N4OS2. The van der Waals surface area contributed by atoms with Gasteiger partial charge >= 0.3 is 0 Å². The van der Waals surface area contributed by atoms with Crippen LogP contribution >= 0.6 is 23.6 Å². The fourth-order valence-corrected chi connectivity index (χ4v) is 3.58. The van der Waals surface area contributed by atoms with Gasteiger partial charge in [-0.25, -0.2) is 0 Å². The van der Waals surface area contributed by atoms with Gasteiger partial charge in [0.05, 0.1) is 17.8 Å². The molecule has 2 N–H and O–H groups in total. The summed E-state index contributed by atoms with van der Waals surface area (Å²) in [4.78, 5) is 3.58. The first-order valence-corrected chi connectivity index (χ1v) is 8.85. The molecule has 122 valence electrons. The van der Waals surface area contributed by atoms with Crippen molar-refractivity contribution in [3.63, 3.8) is 0 Å². The second-order valence-electron chi connectivity index (χ2n) is 5.42. The number of piperidine rings is 1. The fourth-order valence-electron chi connectivity index (χ4n) is 2.40. The number of ether oxygens (including phenoxy) is 1. The van der Waals surface area contributed by atoms with E-state index >= 15 is 0 Å². The van der Waals surface area contributed by atoms with Gasteiger partial charge < -0.3 is 15.0 Å². The van der Waals surface area contributed by atoms with Crippen molar-refractivity contribution in [2.45, 2.75) is 32.2 Å². The van der Waals surface area contributed by atoms with E-state index in [0.717, 1.165) is 4.88 Å². The molecule has 22 heavy (non-hydrogen) atoms. The van der Waals surface area contributed by atoms with E-state index in [2.05, 4.69) is 32.9 Å². The first kappa shape index (κ1) is 17.2. The smallest absolute Gasteiger partial charge is 0.187 e. The molecule has 0 aromatic carbocycles. The van der Waals surface area contributed by atoms with Crippen molar-refractivity contribution >= 4 is 39.9 Å². The minimum Gasteiger partial charge on any atom is -0.383 e. The number of nitrogens with one attached hydrogen (secondary N) is 2. The van der Waals surface area contributed by atoms with Gasteiger partial charge in [-0.1, -0.05) is 0 Å². The molecule has 2 rings (SSSR count). The number of methoxy groups -OCH3 is 1. The molecule has 1 aromatic rings. The Bertz CT molecular complexity index is 497. The lowest BCUT2D eigenvalue weighted by Gasteiger charge is -2.27. The van der Waals surface area contributed by atoms with Gasteiger partial charge in [-0.2, -0.15) is 5.10 Å². The average Bonchev–Trinajstić information content (AvgIpc) is 2.97. The Morgan fingerprint density at radius 2 is 2.23 bits per heavy atom. The molecular weight excluding hydrogens is 316 g/mol. The highest BCUT2D eigenvalue weighted by atomic mass is 32.1. The van der Waals surface area contributed by atoms with E-state index < -0.39 is 0 Å². The second kappa shape index (κ2) is 9.07. The minimum absolute atomic E-state index is 0.160. The van der Waals surface area contributed by atoms with Gasteiger partial charge in [0.1, 0.15) is 0 Å². The molecule has 1 aliphatic rings. The molecule has 0 saturated carbocycles. The highest BCUT2D eigenvalue weighted by Crippen LogP contribution is 2.27. The molecule has 1 aromatic heterocycles. The maximum Gasteiger partial charge on any atom is 0.187 e. The fraction of sp³-hybridized carbons (Fsp3) is 0.600. The molecule has 5 nitrogen and oxygen atoms in total. The zero-order valence-corrected chi connectivity index (χ0v) is 14.8. The van der Waals surface area contributed by atoms with Gasteiger partial charge in [0.15, 0.2) is 5.11 Å². The molecule has 2 heterocycles. The largest absolute Gasteiger partial charge is 0.383 e. The summed E-state index contributed by atoms with van der Waals surface area (Å²) in [5, 5.41) is 9.12. The number of nitrogens with zero attached hydrogens (tertiary/aromatic N) is 2. The van der Waals surface area contributed by atoms with Crippen LogP contribution in [0.2, 0.25) is 0 Å². The van der Waals surface area contributed by atoms with E-state index in [4.69, 9.17) is 17.0 Å². The highest BCUT2D eigenvalue weighted by molar-refractivity contribution is 7.80. The lowest BCUT2D eigenvalue weighted by Crippen LogP contribution is -2.40. The molecule has 7 heteroatoms. The van der Waals surface area contributed by atoms with E-state index in [-0.39, 0.29) is 6.04 Å². The standard InChI is InChI=1S/C15H24N4OS2/c1-12(11-20-2)17-15(21)18-16-10-13-6-7-14(22-13)19-8-4-3-5-9-19/h6-7,10,12H,3-5,8-9,11H2,1-2H3,(H2,17,18,21)/b16-10-/t12-/m1/s1.